The van der Waals surface area contributed by atoms with Crippen molar-refractivity contribution < 1.29 is 18.0 Å². The smallest absolute Gasteiger partial charge is 0.341 e. The van der Waals surface area contributed by atoms with Crippen molar-refractivity contribution in [3.8, 4) is 6.07 Å². The van der Waals surface area contributed by atoms with Crippen LogP contribution >= 0.6 is 11.8 Å². The molecule has 0 N–H and O–H groups in total. The number of pyridine rings is 1. The molecule has 1 aromatic heterocycles. The Morgan fingerprint density at radius 2 is 1.79 bits per heavy atom. The molecule has 0 aliphatic rings. The summed E-state index contributed by atoms with van der Waals surface area (Å²) in [6.45, 7) is 5.80. The molecule has 0 radical (unpaired) electrons. The second-order valence-electron chi connectivity index (χ2n) is 6.47. The molecule has 1 aromatic carbocycles. The van der Waals surface area contributed by atoms with E-state index in [4.69, 9.17) is 0 Å². The van der Waals surface area contributed by atoms with Gasteiger partial charge in [0.1, 0.15) is 11.1 Å². The predicted octanol–water partition coefficient (Wildman–Crippen LogP) is 4.65. The van der Waals surface area contributed by atoms with Crippen molar-refractivity contribution >= 4 is 17.7 Å². The van der Waals surface area contributed by atoms with E-state index < -0.39 is 11.7 Å². The average Bonchev–Trinajstić information content (AvgIpc) is 2.64. The predicted molar refractivity (Wildman–Crippen MR) is 102 cm³/mol. The maximum Gasteiger partial charge on any atom is 0.416 e. The monoisotopic (exact) mass is 407 g/mol. The van der Waals surface area contributed by atoms with E-state index in [0.29, 0.717) is 16.2 Å². The lowest BCUT2D eigenvalue weighted by atomic mass is 10.1. The Labute approximate surface area is 166 Å². The molecule has 0 atom stereocenters. The summed E-state index contributed by atoms with van der Waals surface area (Å²) in [5.74, 6) is -0.118. The minimum atomic E-state index is -4.38. The number of carbonyl (C=O) groups excluding carboxylic acids is 1. The first kappa shape index (κ1) is 21.8. The SMILES string of the molecule is Cc1nc(SCC(=O)N(C)Cc2ccc(C(F)(F)F)cc2)c(C#N)c(C)c1C. The topological polar surface area (TPSA) is 57.0 Å². The molecule has 1 heterocycles. The number of hydrogen-bond donors (Lipinski definition) is 0. The second-order valence-corrected chi connectivity index (χ2v) is 7.44. The number of aryl methyl sites for hydroxylation is 1. The Hall–Kier alpha value is -2.53. The van der Waals surface area contributed by atoms with Gasteiger partial charge in [0, 0.05) is 19.3 Å². The number of alkyl halides is 3. The zero-order chi connectivity index (χ0) is 21.1. The molecule has 0 unspecified atom stereocenters. The summed E-state index contributed by atoms with van der Waals surface area (Å²) in [5, 5.41) is 9.90. The van der Waals surface area contributed by atoms with E-state index in [-0.39, 0.29) is 18.2 Å². The minimum absolute atomic E-state index is 0.0841. The Kier molecular flexibility index (Phi) is 6.73. The number of rotatable bonds is 5. The van der Waals surface area contributed by atoms with Crippen LogP contribution in [0, 0.1) is 32.1 Å². The van der Waals surface area contributed by atoms with E-state index in [2.05, 4.69) is 11.1 Å². The summed E-state index contributed by atoms with van der Waals surface area (Å²) in [5.41, 5.74) is 2.96. The Bertz CT molecular complexity index is 918. The highest BCUT2D eigenvalue weighted by Gasteiger charge is 2.30. The molecule has 2 aromatic rings. The first-order valence-electron chi connectivity index (χ1n) is 8.45. The number of halogens is 3. The third kappa shape index (κ3) is 5.04. The van der Waals surface area contributed by atoms with Gasteiger partial charge in [0.25, 0.3) is 0 Å². The van der Waals surface area contributed by atoms with Gasteiger partial charge in [-0.15, -0.1) is 0 Å². The van der Waals surface area contributed by atoms with Crippen LogP contribution in [0.15, 0.2) is 29.3 Å². The highest BCUT2D eigenvalue weighted by molar-refractivity contribution is 8.00. The number of nitriles is 1. The molecule has 8 heteroatoms. The van der Waals surface area contributed by atoms with Crippen LogP contribution in [0.25, 0.3) is 0 Å². The Balaban J connectivity index is 2.03. The lowest BCUT2D eigenvalue weighted by Gasteiger charge is -2.18. The maximum absolute atomic E-state index is 12.6. The summed E-state index contributed by atoms with van der Waals surface area (Å²) in [6, 6.07) is 6.87. The van der Waals surface area contributed by atoms with Crippen molar-refractivity contribution in [2.75, 3.05) is 12.8 Å². The van der Waals surface area contributed by atoms with Crippen LogP contribution in [0.2, 0.25) is 0 Å². The number of hydrogen-bond acceptors (Lipinski definition) is 4. The third-order valence-corrected chi connectivity index (χ3v) is 5.49. The van der Waals surface area contributed by atoms with E-state index >= 15 is 0 Å². The average molecular weight is 407 g/mol. The standard InChI is InChI=1S/C20H20F3N3OS/c1-12-13(2)17(9-24)19(25-14(12)3)28-11-18(27)26(4)10-15-5-7-16(8-6-15)20(21,22)23/h5-8H,10-11H2,1-4H3. The van der Waals surface area contributed by atoms with E-state index in [1.807, 2.05) is 20.8 Å². The van der Waals surface area contributed by atoms with Crippen LogP contribution in [0.4, 0.5) is 13.2 Å². The van der Waals surface area contributed by atoms with Crippen molar-refractivity contribution in [3.63, 3.8) is 0 Å². The van der Waals surface area contributed by atoms with Crippen molar-refractivity contribution in [1.29, 1.82) is 5.26 Å². The summed E-state index contributed by atoms with van der Waals surface area (Å²) in [6.07, 6.45) is -4.38. The zero-order valence-electron chi connectivity index (χ0n) is 16.0. The van der Waals surface area contributed by atoms with Crippen LogP contribution in [0.1, 0.15) is 33.5 Å². The van der Waals surface area contributed by atoms with E-state index in [0.717, 1.165) is 29.0 Å². The quantitative estimate of drug-likeness (QED) is 0.677. The molecule has 0 fully saturated rings. The molecule has 0 saturated carbocycles. The van der Waals surface area contributed by atoms with Gasteiger partial charge in [0.15, 0.2) is 0 Å². The molecule has 0 bridgehead atoms. The van der Waals surface area contributed by atoms with Crippen LogP contribution < -0.4 is 0 Å². The molecular formula is C20H20F3N3OS. The van der Waals surface area contributed by atoms with Gasteiger partial charge >= 0.3 is 6.18 Å². The van der Waals surface area contributed by atoms with Gasteiger partial charge in [-0.05, 0) is 49.6 Å². The highest BCUT2D eigenvalue weighted by Crippen LogP contribution is 2.29. The fourth-order valence-corrected chi connectivity index (χ4v) is 3.57. The number of carbonyl (C=O) groups is 1. The molecule has 2 rings (SSSR count). The van der Waals surface area contributed by atoms with Crippen LogP contribution in [0.5, 0.6) is 0 Å². The Morgan fingerprint density at radius 1 is 1.18 bits per heavy atom. The zero-order valence-corrected chi connectivity index (χ0v) is 16.8. The molecule has 4 nitrogen and oxygen atoms in total. The first-order chi connectivity index (χ1) is 13.0. The lowest BCUT2D eigenvalue weighted by molar-refractivity contribution is -0.137. The third-order valence-electron chi connectivity index (χ3n) is 4.53. The summed E-state index contributed by atoms with van der Waals surface area (Å²) in [4.78, 5) is 18.3. The van der Waals surface area contributed by atoms with Gasteiger partial charge < -0.3 is 4.90 Å². The van der Waals surface area contributed by atoms with Gasteiger partial charge in [-0.2, -0.15) is 18.4 Å². The van der Waals surface area contributed by atoms with Crippen molar-refractivity contribution in [3.05, 3.63) is 57.8 Å². The fraction of sp³-hybridized carbons (Fsp3) is 0.350. The minimum Gasteiger partial charge on any atom is -0.341 e. The van der Waals surface area contributed by atoms with Gasteiger partial charge in [-0.1, -0.05) is 23.9 Å². The maximum atomic E-state index is 12.6. The number of amides is 1. The van der Waals surface area contributed by atoms with Gasteiger partial charge in [-0.25, -0.2) is 4.98 Å². The molecule has 0 saturated heterocycles. The highest BCUT2D eigenvalue weighted by atomic mass is 32.2. The van der Waals surface area contributed by atoms with E-state index in [1.54, 1.807) is 7.05 Å². The normalized spacial score (nSPS) is 11.2. The van der Waals surface area contributed by atoms with E-state index in [1.165, 1.54) is 28.8 Å². The van der Waals surface area contributed by atoms with Crippen LogP contribution in [0.3, 0.4) is 0 Å². The molecule has 0 spiro atoms. The summed E-state index contributed by atoms with van der Waals surface area (Å²) in [7, 11) is 1.59. The largest absolute Gasteiger partial charge is 0.416 e. The van der Waals surface area contributed by atoms with Crippen molar-refractivity contribution in [2.24, 2.45) is 0 Å². The van der Waals surface area contributed by atoms with E-state index in [9.17, 15) is 23.2 Å². The molecule has 1 amide bonds. The number of nitrogens with zero attached hydrogens (tertiary/aromatic N) is 3. The summed E-state index contributed by atoms with van der Waals surface area (Å²) < 4.78 is 37.9. The van der Waals surface area contributed by atoms with Gasteiger partial charge in [0.05, 0.1) is 16.9 Å². The summed E-state index contributed by atoms with van der Waals surface area (Å²) >= 11 is 1.19. The first-order valence-corrected chi connectivity index (χ1v) is 9.44. The van der Waals surface area contributed by atoms with Crippen LogP contribution in [-0.4, -0.2) is 28.6 Å². The van der Waals surface area contributed by atoms with Crippen molar-refractivity contribution in [1.82, 2.24) is 9.88 Å². The molecule has 148 valence electrons. The second kappa shape index (κ2) is 8.65. The van der Waals surface area contributed by atoms with Crippen LogP contribution in [-0.2, 0) is 17.5 Å². The molecular weight excluding hydrogens is 387 g/mol. The van der Waals surface area contributed by atoms with Crippen molar-refractivity contribution in [2.45, 2.75) is 38.5 Å². The van der Waals surface area contributed by atoms with Gasteiger partial charge in [-0.3, -0.25) is 4.79 Å². The lowest BCUT2D eigenvalue weighted by Crippen LogP contribution is -2.28. The number of benzene rings is 1. The molecule has 28 heavy (non-hydrogen) atoms. The molecule has 0 aliphatic carbocycles. The number of thioether (sulfide) groups is 1. The Morgan fingerprint density at radius 3 is 2.32 bits per heavy atom. The molecule has 0 aliphatic heterocycles. The van der Waals surface area contributed by atoms with Gasteiger partial charge in [0.2, 0.25) is 5.91 Å². The number of aromatic nitrogens is 1. The fourth-order valence-electron chi connectivity index (χ4n) is 2.55.